The van der Waals surface area contributed by atoms with Crippen LogP contribution in [0.1, 0.15) is 28.3 Å². The molecule has 0 heterocycles. The van der Waals surface area contributed by atoms with Gasteiger partial charge >= 0.3 is 0 Å². The smallest absolute Gasteiger partial charge is 0.253 e. The van der Waals surface area contributed by atoms with E-state index >= 15 is 0 Å². The van der Waals surface area contributed by atoms with Gasteiger partial charge in [0.2, 0.25) is 5.91 Å². The van der Waals surface area contributed by atoms with E-state index in [1.165, 1.54) is 4.90 Å². The Morgan fingerprint density at radius 1 is 1.12 bits per heavy atom. The zero-order chi connectivity index (χ0) is 17.3. The molecule has 0 bridgehead atoms. The number of benzene rings is 2. The van der Waals surface area contributed by atoms with Crippen molar-refractivity contribution in [2.45, 2.75) is 12.3 Å². The van der Waals surface area contributed by atoms with Crippen LogP contribution < -0.4 is 5.32 Å². The van der Waals surface area contributed by atoms with E-state index in [-0.39, 0.29) is 23.7 Å². The molecule has 0 spiro atoms. The minimum atomic E-state index is -0.0912. The van der Waals surface area contributed by atoms with Gasteiger partial charge in [-0.3, -0.25) is 9.59 Å². The Morgan fingerprint density at radius 3 is 2.58 bits per heavy atom. The molecule has 1 N–H and O–H groups in total. The fourth-order valence-electron chi connectivity index (χ4n) is 2.83. The van der Waals surface area contributed by atoms with Crippen molar-refractivity contribution < 1.29 is 9.59 Å². The molecule has 1 saturated carbocycles. The van der Waals surface area contributed by atoms with Crippen LogP contribution in [0.5, 0.6) is 0 Å². The number of carbonyl (C=O) groups excluding carboxylic acids is 2. The predicted molar refractivity (Wildman–Crippen MR) is 95.4 cm³/mol. The van der Waals surface area contributed by atoms with Gasteiger partial charge < -0.3 is 10.2 Å². The maximum absolute atomic E-state index is 12.4. The Kier molecular flexibility index (Phi) is 4.58. The quantitative estimate of drug-likeness (QED) is 0.919. The van der Waals surface area contributed by atoms with E-state index in [2.05, 4.69) is 5.32 Å². The van der Waals surface area contributed by atoms with Crippen molar-refractivity contribution in [3.63, 3.8) is 0 Å². The average molecular weight is 343 g/mol. The highest BCUT2D eigenvalue weighted by molar-refractivity contribution is 6.31. The fourth-order valence-corrected chi connectivity index (χ4v) is 3.10. The monoisotopic (exact) mass is 342 g/mol. The van der Waals surface area contributed by atoms with Gasteiger partial charge in [-0.05, 0) is 42.2 Å². The van der Waals surface area contributed by atoms with Crippen LogP contribution in [0.4, 0.5) is 5.69 Å². The minimum absolute atomic E-state index is 0.0330. The number of hydrogen-bond acceptors (Lipinski definition) is 2. The number of anilines is 1. The van der Waals surface area contributed by atoms with Crippen molar-refractivity contribution in [3.8, 4) is 0 Å². The van der Waals surface area contributed by atoms with Crippen LogP contribution in [-0.2, 0) is 4.79 Å². The molecule has 1 aliphatic rings. The van der Waals surface area contributed by atoms with E-state index in [0.29, 0.717) is 16.3 Å². The van der Waals surface area contributed by atoms with Crippen LogP contribution in [0, 0.1) is 5.92 Å². The van der Waals surface area contributed by atoms with Gasteiger partial charge in [0.25, 0.3) is 5.91 Å². The lowest BCUT2D eigenvalue weighted by Gasteiger charge is -2.12. The van der Waals surface area contributed by atoms with Crippen molar-refractivity contribution >= 4 is 29.1 Å². The van der Waals surface area contributed by atoms with Gasteiger partial charge in [-0.2, -0.15) is 0 Å². The third-order valence-corrected chi connectivity index (χ3v) is 4.56. The molecular formula is C19H19ClN2O2. The summed E-state index contributed by atoms with van der Waals surface area (Å²) in [6.07, 6.45) is 0.798. The normalized spacial score (nSPS) is 18.8. The van der Waals surface area contributed by atoms with Crippen LogP contribution in [0.3, 0.4) is 0 Å². The number of carbonyl (C=O) groups is 2. The zero-order valence-electron chi connectivity index (χ0n) is 13.6. The highest BCUT2D eigenvalue weighted by Crippen LogP contribution is 2.49. The number of hydrogen-bond donors (Lipinski definition) is 1. The lowest BCUT2D eigenvalue weighted by molar-refractivity contribution is -0.117. The van der Waals surface area contributed by atoms with Crippen molar-refractivity contribution in [2.75, 3.05) is 19.4 Å². The summed E-state index contributed by atoms with van der Waals surface area (Å²) >= 11 is 6.20. The summed E-state index contributed by atoms with van der Waals surface area (Å²) in [7, 11) is 3.40. The molecule has 5 heteroatoms. The van der Waals surface area contributed by atoms with E-state index in [0.717, 1.165) is 12.0 Å². The predicted octanol–water partition coefficient (Wildman–Crippen LogP) is 3.78. The van der Waals surface area contributed by atoms with Crippen molar-refractivity contribution in [1.82, 2.24) is 4.90 Å². The highest BCUT2D eigenvalue weighted by Gasteiger charge is 2.44. The summed E-state index contributed by atoms with van der Waals surface area (Å²) < 4.78 is 0. The summed E-state index contributed by atoms with van der Waals surface area (Å²) in [5.74, 6) is -0.0239. The fraction of sp³-hybridized carbons (Fsp3) is 0.263. The van der Waals surface area contributed by atoms with Crippen molar-refractivity contribution in [2.24, 2.45) is 5.92 Å². The molecule has 2 aromatic carbocycles. The van der Waals surface area contributed by atoms with Gasteiger partial charge in [0.15, 0.2) is 0 Å². The van der Waals surface area contributed by atoms with Crippen LogP contribution in [0.2, 0.25) is 5.02 Å². The van der Waals surface area contributed by atoms with Gasteiger partial charge in [-0.1, -0.05) is 35.9 Å². The second kappa shape index (κ2) is 6.65. The number of nitrogens with one attached hydrogen (secondary N) is 1. The standard InChI is InChI=1S/C19H19ClN2O2/c1-22(2)19(24)12-6-5-7-13(10-12)21-18(23)16-11-15(16)14-8-3-4-9-17(14)20/h3-10,15-16H,11H2,1-2H3,(H,21,23). The van der Waals surface area contributed by atoms with E-state index < -0.39 is 0 Å². The molecule has 2 aromatic rings. The number of halogens is 1. The van der Waals surface area contributed by atoms with Crippen LogP contribution in [0.25, 0.3) is 0 Å². The molecule has 0 aromatic heterocycles. The van der Waals surface area contributed by atoms with Crippen LogP contribution in [0.15, 0.2) is 48.5 Å². The summed E-state index contributed by atoms with van der Waals surface area (Å²) in [6, 6.07) is 14.6. The zero-order valence-corrected chi connectivity index (χ0v) is 14.4. The molecule has 124 valence electrons. The van der Waals surface area contributed by atoms with Gasteiger partial charge in [-0.15, -0.1) is 0 Å². The summed E-state index contributed by atoms with van der Waals surface area (Å²) in [6.45, 7) is 0. The molecule has 4 nitrogen and oxygen atoms in total. The molecular weight excluding hydrogens is 324 g/mol. The Hall–Kier alpha value is -2.33. The number of rotatable bonds is 4. The molecule has 2 atom stereocenters. The molecule has 0 aliphatic heterocycles. The Morgan fingerprint density at radius 2 is 1.88 bits per heavy atom. The topological polar surface area (TPSA) is 49.4 Å². The van der Waals surface area contributed by atoms with Gasteiger partial charge in [0.05, 0.1) is 0 Å². The maximum atomic E-state index is 12.4. The summed E-state index contributed by atoms with van der Waals surface area (Å²) in [5.41, 5.74) is 2.21. The molecule has 1 aliphatic carbocycles. The number of amides is 2. The Balaban J connectivity index is 1.68. The molecule has 2 unspecified atom stereocenters. The maximum Gasteiger partial charge on any atom is 0.253 e. The third-order valence-electron chi connectivity index (χ3n) is 4.22. The average Bonchev–Trinajstić information content (AvgIpc) is 3.35. The highest BCUT2D eigenvalue weighted by atomic mass is 35.5. The lowest BCUT2D eigenvalue weighted by Crippen LogP contribution is -2.22. The van der Waals surface area contributed by atoms with Gasteiger partial charge in [0, 0.05) is 36.3 Å². The SMILES string of the molecule is CN(C)C(=O)c1cccc(NC(=O)C2CC2c2ccccc2Cl)c1. The Labute approximate surface area is 146 Å². The van der Waals surface area contributed by atoms with E-state index in [1.807, 2.05) is 24.3 Å². The van der Waals surface area contributed by atoms with E-state index in [9.17, 15) is 9.59 Å². The first-order valence-corrected chi connectivity index (χ1v) is 8.22. The second-order valence-electron chi connectivity index (χ2n) is 6.24. The summed E-state index contributed by atoms with van der Waals surface area (Å²) in [5, 5.41) is 3.61. The molecule has 1 fully saturated rings. The molecule has 0 radical (unpaired) electrons. The lowest BCUT2D eigenvalue weighted by atomic mass is 10.1. The third kappa shape index (κ3) is 3.44. The first kappa shape index (κ1) is 16.5. The van der Waals surface area contributed by atoms with E-state index in [1.54, 1.807) is 38.4 Å². The Bertz CT molecular complexity index is 788. The molecule has 2 amide bonds. The molecule has 3 rings (SSSR count). The van der Waals surface area contributed by atoms with Crippen molar-refractivity contribution in [3.05, 3.63) is 64.7 Å². The van der Waals surface area contributed by atoms with Gasteiger partial charge in [0.1, 0.15) is 0 Å². The summed E-state index contributed by atoms with van der Waals surface area (Å²) in [4.78, 5) is 25.9. The first-order valence-electron chi connectivity index (χ1n) is 7.84. The second-order valence-corrected chi connectivity index (χ2v) is 6.65. The number of nitrogens with zero attached hydrogens (tertiary/aromatic N) is 1. The van der Waals surface area contributed by atoms with Crippen molar-refractivity contribution in [1.29, 1.82) is 0 Å². The van der Waals surface area contributed by atoms with Gasteiger partial charge in [-0.25, -0.2) is 0 Å². The van der Waals surface area contributed by atoms with Crippen LogP contribution >= 0.6 is 11.6 Å². The molecule has 0 saturated heterocycles. The van der Waals surface area contributed by atoms with E-state index in [4.69, 9.17) is 11.6 Å². The van der Waals surface area contributed by atoms with Crippen LogP contribution in [-0.4, -0.2) is 30.8 Å². The molecule has 24 heavy (non-hydrogen) atoms. The minimum Gasteiger partial charge on any atom is -0.345 e. The largest absolute Gasteiger partial charge is 0.345 e. The first-order chi connectivity index (χ1) is 11.5.